The van der Waals surface area contributed by atoms with E-state index in [1.165, 1.54) is 5.56 Å². The summed E-state index contributed by atoms with van der Waals surface area (Å²) in [7, 11) is 0. The minimum atomic E-state index is 0.807. The van der Waals surface area contributed by atoms with Crippen molar-refractivity contribution in [2.24, 2.45) is 0 Å². The van der Waals surface area contributed by atoms with Crippen LogP contribution in [0.3, 0.4) is 0 Å². The number of rotatable bonds is 3. The lowest BCUT2D eigenvalue weighted by Gasteiger charge is -2.01. The quantitative estimate of drug-likeness (QED) is 0.633. The first-order valence-electron chi connectivity index (χ1n) is 4.73. The fourth-order valence-electron chi connectivity index (χ4n) is 1.20. The van der Waals surface area contributed by atoms with Crippen LogP contribution in [0, 0.1) is 0 Å². The Morgan fingerprint density at radius 2 is 1.87 bits per heavy atom. The number of aromatic nitrogens is 1. The Kier molecular flexibility index (Phi) is 3.25. The molecule has 2 aromatic rings. The predicted octanol–water partition coefficient (Wildman–Crippen LogP) is 2.96. The largest absolute Gasteiger partial charge is 0.399 e. The molecule has 15 heavy (non-hydrogen) atoms. The molecule has 76 valence electrons. The first kappa shape index (κ1) is 10.1. The van der Waals surface area contributed by atoms with Gasteiger partial charge in [0.2, 0.25) is 0 Å². The SMILES string of the molecule is Nc1ccc(CSc2ccccn2)cc1. The van der Waals surface area contributed by atoms with Gasteiger partial charge in [-0.05, 0) is 29.8 Å². The zero-order chi connectivity index (χ0) is 10.5. The Labute approximate surface area is 93.5 Å². The van der Waals surface area contributed by atoms with Gasteiger partial charge < -0.3 is 5.73 Å². The minimum Gasteiger partial charge on any atom is -0.399 e. The van der Waals surface area contributed by atoms with Crippen molar-refractivity contribution in [2.75, 3.05) is 5.73 Å². The number of nitrogen functional groups attached to an aromatic ring is 1. The van der Waals surface area contributed by atoms with Gasteiger partial charge in [0, 0.05) is 17.6 Å². The lowest BCUT2D eigenvalue weighted by Crippen LogP contribution is -1.86. The molecule has 0 radical (unpaired) electrons. The standard InChI is InChI=1S/C12H12N2S/c13-11-6-4-10(5-7-11)9-15-12-3-1-2-8-14-12/h1-8H,9,13H2. The molecule has 1 heterocycles. The van der Waals surface area contributed by atoms with Crippen LogP contribution in [-0.2, 0) is 5.75 Å². The second kappa shape index (κ2) is 4.84. The highest BCUT2D eigenvalue weighted by atomic mass is 32.2. The smallest absolute Gasteiger partial charge is 0.0963 e. The molecule has 0 unspecified atom stereocenters. The van der Waals surface area contributed by atoms with Gasteiger partial charge in [-0.3, -0.25) is 0 Å². The summed E-state index contributed by atoms with van der Waals surface area (Å²) in [6, 6.07) is 13.9. The summed E-state index contributed by atoms with van der Waals surface area (Å²) in [6.45, 7) is 0. The van der Waals surface area contributed by atoms with Crippen LogP contribution in [0.4, 0.5) is 5.69 Å². The zero-order valence-corrected chi connectivity index (χ0v) is 9.08. The molecule has 2 nitrogen and oxygen atoms in total. The van der Waals surface area contributed by atoms with Crippen molar-refractivity contribution in [3.63, 3.8) is 0 Å². The molecule has 1 aromatic carbocycles. The first-order valence-corrected chi connectivity index (χ1v) is 5.71. The molecule has 0 aliphatic rings. The predicted molar refractivity (Wildman–Crippen MR) is 64.7 cm³/mol. The first-order chi connectivity index (χ1) is 7.34. The van der Waals surface area contributed by atoms with Gasteiger partial charge in [-0.25, -0.2) is 4.98 Å². The normalized spacial score (nSPS) is 10.1. The van der Waals surface area contributed by atoms with E-state index in [0.717, 1.165) is 16.5 Å². The Balaban J connectivity index is 1.96. The molecule has 1 aromatic heterocycles. The molecule has 0 atom stereocenters. The number of thioether (sulfide) groups is 1. The van der Waals surface area contributed by atoms with E-state index in [-0.39, 0.29) is 0 Å². The number of anilines is 1. The molecule has 2 rings (SSSR count). The summed E-state index contributed by atoms with van der Waals surface area (Å²) in [4.78, 5) is 4.25. The van der Waals surface area contributed by atoms with Crippen molar-refractivity contribution in [1.29, 1.82) is 0 Å². The number of nitrogens with two attached hydrogens (primary N) is 1. The van der Waals surface area contributed by atoms with Crippen molar-refractivity contribution in [1.82, 2.24) is 4.98 Å². The van der Waals surface area contributed by atoms with Gasteiger partial charge in [0.05, 0.1) is 5.03 Å². The molecule has 0 fully saturated rings. The van der Waals surface area contributed by atoms with Crippen molar-refractivity contribution in [3.05, 3.63) is 54.2 Å². The molecule has 0 saturated heterocycles. The lowest BCUT2D eigenvalue weighted by atomic mass is 10.2. The van der Waals surface area contributed by atoms with Crippen LogP contribution in [0.5, 0.6) is 0 Å². The van der Waals surface area contributed by atoms with E-state index < -0.39 is 0 Å². The van der Waals surface area contributed by atoms with Crippen LogP contribution >= 0.6 is 11.8 Å². The summed E-state index contributed by atoms with van der Waals surface area (Å²) >= 11 is 1.73. The van der Waals surface area contributed by atoms with Crippen LogP contribution in [0.1, 0.15) is 5.56 Å². The third-order valence-electron chi connectivity index (χ3n) is 2.00. The van der Waals surface area contributed by atoms with Crippen LogP contribution in [0.2, 0.25) is 0 Å². The van der Waals surface area contributed by atoms with E-state index in [4.69, 9.17) is 5.73 Å². The summed E-state index contributed by atoms with van der Waals surface area (Å²) in [5.41, 5.74) is 7.69. The topological polar surface area (TPSA) is 38.9 Å². The van der Waals surface area contributed by atoms with Crippen molar-refractivity contribution < 1.29 is 0 Å². The van der Waals surface area contributed by atoms with Crippen LogP contribution in [0.15, 0.2) is 53.7 Å². The number of pyridine rings is 1. The highest BCUT2D eigenvalue weighted by Crippen LogP contribution is 2.20. The van der Waals surface area contributed by atoms with Gasteiger partial charge in [-0.1, -0.05) is 18.2 Å². The Morgan fingerprint density at radius 3 is 2.53 bits per heavy atom. The molecular formula is C12H12N2S. The van der Waals surface area contributed by atoms with Gasteiger partial charge in [-0.2, -0.15) is 0 Å². The van der Waals surface area contributed by atoms with E-state index in [0.29, 0.717) is 0 Å². The molecule has 0 amide bonds. The van der Waals surface area contributed by atoms with Crippen molar-refractivity contribution >= 4 is 17.4 Å². The molecule has 0 saturated carbocycles. The van der Waals surface area contributed by atoms with E-state index >= 15 is 0 Å². The van der Waals surface area contributed by atoms with Crippen LogP contribution in [-0.4, -0.2) is 4.98 Å². The van der Waals surface area contributed by atoms with E-state index in [9.17, 15) is 0 Å². The van der Waals surface area contributed by atoms with E-state index in [2.05, 4.69) is 4.98 Å². The molecule has 0 aliphatic carbocycles. The fourth-order valence-corrected chi connectivity index (χ4v) is 2.02. The maximum atomic E-state index is 5.61. The van der Waals surface area contributed by atoms with Gasteiger partial charge in [0.15, 0.2) is 0 Å². The minimum absolute atomic E-state index is 0.807. The fraction of sp³-hybridized carbons (Fsp3) is 0.0833. The number of hydrogen-bond donors (Lipinski definition) is 1. The summed E-state index contributed by atoms with van der Waals surface area (Å²) in [6.07, 6.45) is 1.81. The average Bonchev–Trinajstić information content (AvgIpc) is 2.30. The van der Waals surface area contributed by atoms with Crippen molar-refractivity contribution in [3.8, 4) is 0 Å². The Bertz CT molecular complexity index is 411. The third kappa shape index (κ3) is 2.99. The van der Waals surface area contributed by atoms with Crippen LogP contribution in [0.25, 0.3) is 0 Å². The molecular weight excluding hydrogens is 204 g/mol. The second-order valence-electron chi connectivity index (χ2n) is 3.20. The highest BCUT2D eigenvalue weighted by Gasteiger charge is 1.96. The molecule has 0 spiro atoms. The molecule has 0 bridgehead atoms. The monoisotopic (exact) mass is 216 g/mol. The lowest BCUT2D eigenvalue weighted by molar-refractivity contribution is 1.13. The Hall–Kier alpha value is -1.48. The maximum absolute atomic E-state index is 5.61. The summed E-state index contributed by atoms with van der Waals surface area (Å²) in [5, 5.41) is 1.05. The third-order valence-corrected chi connectivity index (χ3v) is 3.02. The molecule has 3 heteroatoms. The van der Waals surface area contributed by atoms with Gasteiger partial charge in [0.25, 0.3) is 0 Å². The Morgan fingerprint density at radius 1 is 1.07 bits per heavy atom. The molecule has 2 N–H and O–H groups in total. The summed E-state index contributed by atoms with van der Waals surface area (Å²) in [5.74, 6) is 0.928. The van der Waals surface area contributed by atoms with Gasteiger partial charge >= 0.3 is 0 Å². The number of nitrogens with zero attached hydrogens (tertiary/aromatic N) is 1. The van der Waals surface area contributed by atoms with E-state index in [1.807, 2.05) is 48.7 Å². The number of hydrogen-bond acceptors (Lipinski definition) is 3. The number of benzene rings is 1. The maximum Gasteiger partial charge on any atom is 0.0963 e. The van der Waals surface area contributed by atoms with Crippen LogP contribution < -0.4 is 5.73 Å². The van der Waals surface area contributed by atoms with Crippen molar-refractivity contribution in [2.45, 2.75) is 10.8 Å². The average molecular weight is 216 g/mol. The molecule has 0 aliphatic heterocycles. The van der Waals surface area contributed by atoms with Gasteiger partial charge in [0.1, 0.15) is 0 Å². The van der Waals surface area contributed by atoms with E-state index in [1.54, 1.807) is 11.8 Å². The highest BCUT2D eigenvalue weighted by molar-refractivity contribution is 7.98. The second-order valence-corrected chi connectivity index (χ2v) is 4.19. The zero-order valence-electron chi connectivity index (χ0n) is 8.26. The summed E-state index contributed by atoms with van der Waals surface area (Å²) < 4.78 is 0. The van der Waals surface area contributed by atoms with Gasteiger partial charge in [-0.15, -0.1) is 11.8 Å².